The van der Waals surface area contributed by atoms with Crippen molar-refractivity contribution in [1.82, 2.24) is 4.98 Å². The number of alkyl halides is 2. The average Bonchev–Trinajstić information content (AvgIpc) is 2.97. The number of carbonyl (C=O) groups excluding carboxylic acids is 2. The molecule has 3 rings (SSSR count). The minimum atomic E-state index is -1.08. The first kappa shape index (κ1) is 21.1. The van der Waals surface area contributed by atoms with Crippen molar-refractivity contribution >= 4 is 51.5 Å². The SMILES string of the molecule is CCOC(=O)c1nc(N(CCc2ccccc2)C(=O)C2(C)CC2(Cl)Cl)sc1C. The zero-order chi connectivity index (χ0) is 20.5. The number of anilines is 1. The quantitative estimate of drug-likeness (QED) is 0.458. The van der Waals surface area contributed by atoms with Crippen LogP contribution in [-0.4, -0.2) is 34.3 Å². The van der Waals surface area contributed by atoms with Gasteiger partial charge in [-0.25, -0.2) is 9.78 Å². The molecule has 8 heteroatoms. The van der Waals surface area contributed by atoms with E-state index in [4.69, 9.17) is 27.9 Å². The van der Waals surface area contributed by atoms with Gasteiger partial charge in [0.05, 0.1) is 12.0 Å². The fourth-order valence-electron chi connectivity index (χ4n) is 2.99. The molecule has 1 aromatic heterocycles. The lowest BCUT2D eigenvalue weighted by molar-refractivity contribution is -0.123. The zero-order valence-corrected chi connectivity index (χ0v) is 18.3. The molecular formula is C20H22Cl2N2O3S. The molecule has 28 heavy (non-hydrogen) atoms. The van der Waals surface area contributed by atoms with E-state index in [0.717, 1.165) is 5.56 Å². The molecule has 0 spiro atoms. The van der Waals surface area contributed by atoms with Gasteiger partial charge in [-0.05, 0) is 39.2 Å². The zero-order valence-electron chi connectivity index (χ0n) is 16.0. The fraction of sp³-hybridized carbons (Fsp3) is 0.450. The highest BCUT2D eigenvalue weighted by Gasteiger charge is 2.69. The molecule has 1 atom stereocenters. The summed E-state index contributed by atoms with van der Waals surface area (Å²) in [5, 5.41) is 0.457. The Kier molecular flexibility index (Phi) is 6.03. The third kappa shape index (κ3) is 4.04. The summed E-state index contributed by atoms with van der Waals surface area (Å²) < 4.78 is 3.99. The van der Waals surface area contributed by atoms with Crippen molar-refractivity contribution in [1.29, 1.82) is 0 Å². The lowest BCUT2D eigenvalue weighted by Gasteiger charge is -2.24. The topological polar surface area (TPSA) is 59.5 Å². The van der Waals surface area contributed by atoms with Crippen LogP contribution in [0.3, 0.4) is 0 Å². The number of nitrogens with zero attached hydrogens (tertiary/aromatic N) is 2. The Morgan fingerprint density at radius 3 is 2.50 bits per heavy atom. The highest BCUT2D eigenvalue weighted by molar-refractivity contribution is 7.16. The van der Waals surface area contributed by atoms with E-state index >= 15 is 0 Å². The van der Waals surface area contributed by atoms with Crippen molar-refractivity contribution in [2.45, 2.75) is 37.9 Å². The molecule has 0 aliphatic heterocycles. The van der Waals surface area contributed by atoms with E-state index in [1.54, 1.807) is 25.7 Å². The number of rotatable bonds is 7. The molecule has 0 radical (unpaired) electrons. The molecule has 150 valence electrons. The predicted octanol–water partition coefficient (Wildman–Crippen LogP) is 4.79. The number of esters is 1. The Hall–Kier alpha value is -1.63. The number of amides is 1. The Balaban J connectivity index is 1.89. The van der Waals surface area contributed by atoms with Gasteiger partial charge in [0.1, 0.15) is 4.33 Å². The van der Waals surface area contributed by atoms with Crippen LogP contribution in [-0.2, 0) is 16.0 Å². The van der Waals surface area contributed by atoms with Gasteiger partial charge in [0.2, 0.25) is 5.91 Å². The van der Waals surface area contributed by atoms with E-state index in [9.17, 15) is 9.59 Å². The molecule has 1 saturated carbocycles. The molecule has 1 amide bonds. The molecule has 1 aliphatic carbocycles. The van der Waals surface area contributed by atoms with Crippen LogP contribution in [0.5, 0.6) is 0 Å². The van der Waals surface area contributed by atoms with Gasteiger partial charge in [-0.1, -0.05) is 30.3 Å². The van der Waals surface area contributed by atoms with Gasteiger partial charge in [0, 0.05) is 11.4 Å². The number of benzene rings is 1. The van der Waals surface area contributed by atoms with Gasteiger partial charge < -0.3 is 4.74 Å². The number of aromatic nitrogens is 1. The van der Waals surface area contributed by atoms with Crippen molar-refractivity contribution in [3.8, 4) is 0 Å². The summed E-state index contributed by atoms with van der Waals surface area (Å²) in [6, 6.07) is 9.87. The number of ether oxygens (including phenoxy) is 1. The van der Waals surface area contributed by atoms with Crippen LogP contribution in [0.25, 0.3) is 0 Å². The van der Waals surface area contributed by atoms with Gasteiger partial charge in [-0.3, -0.25) is 9.69 Å². The molecular weight excluding hydrogens is 419 g/mol. The molecule has 1 aliphatic rings. The Morgan fingerprint density at radius 2 is 1.93 bits per heavy atom. The van der Waals surface area contributed by atoms with Crippen LogP contribution in [0, 0.1) is 12.3 Å². The van der Waals surface area contributed by atoms with Crippen LogP contribution in [0.2, 0.25) is 0 Å². The van der Waals surface area contributed by atoms with Gasteiger partial charge in [-0.2, -0.15) is 0 Å². The maximum Gasteiger partial charge on any atom is 0.358 e. The first-order chi connectivity index (χ1) is 13.2. The highest BCUT2D eigenvalue weighted by atomic mass is 35.5. The summed E-state index contributed by atoms with van der Waals surface area (Å²) >= 11 is 13.8. The second-order valence-electron chi connectivity index (χ2n) is 7.03. The molecule has 1 heterocycles. The van der Waals surface area contributed by atoms with Crippen molar-refractivity contribution in [2.24, 2.45) is 5.41 Å². The van der Waals surface area contributed by atoms with Crippen LogP contribution in [0.4, 0.5) is 5.13 Å². The number of halogens is 2. The molecule has 1 unspecified atom stereocenters. The lowest BCUT2D eigenvalue weighted by atomic mass is 10.1. The Labute approximate surface area is 178 Å². The predicted molar refractivity (Wildman–Crippen MR) is 112 cm³/mol. The van der Waals surface area contributed by atoms with Crippen molar-refractivity contribution in [3.05, 3.63) is 46.5 Å². The maximum atomic E-state index is 13.3. The van der Waals surface area contributed by atoms with Crippen LogP contribution in [0.1, 0.15) is 41.2 Å². The molecule has 5 nitrogen and oxygen atoms in total. The monoisotopic (exact) mass is 440 g/mol. The minimum Gasteiger partial charge on any atom is -0.461 e. The number of hydrogen-bond acceptors (Lipinski definition) is 5. The summed E-state index contributed by atoms with van der Waals surface area (Å²) in [6.45, 7) is 5.97. The number of carbonyl (C=O) groups is 2. The third-order valence-corrected chi connectivity index (χ3v) is 7.02. The largest absolute Gasteiger partial charge is 0.461 e. The number of thiazole rings is 1. The summed E-state index contributed by atoms with van der Waals surface area (Å²) in [5.74, 6) is -0.669. The van der Waals surface area contributed by atoms with Crippen molar-refractivity contribution in [3.63, 3.8) is 0 Å². The van der Waals surface area contributed by atoms with Crippen molar-refractivity contribution in [2.75, 3.05) is 18.1 Å². The molecule has 1 fully saturated rings. The molecule has 2 aromatic rings. The summed E-state index contributed by atoms with van der Waals surface area (Å²) in [5.41, 5.74) is 0.475. The summed E-state index contributed by atoms with van der Waals surface area (Å²) in [6.07, 6.45) is 1.03. The number of aryl methyl sites for hydroxylation is 1. The summed E-state index contributed by atoms with van der Waals surface area (Å²) in [7, 11) is 0. The van der Waals surface area contributed by atoms with Crippen molar-refractivity contribution < 1.29 is 14.3 Å². The third-order valence-electron chi connectivity index (χ3n) is 4.93. The Morgan fingerprint density at radius 1 is 1.29 bits per heavy atom. The van der Waals surface area contributed by atoms with Gasteiger partial charge in [-0.15, -0.1) is 34.5 Å². The van der Waals surface area contributed by atoms with Gasteiger partial charge in [0.25, 0.3) is 0 Å². The van der Waals surface area contributed by atoms with Crippen LogP contribution >= 0.6 is 34.5 Å². The minimum absolute atomic E-state index is 0.183. The second kappa shape index (κ2) is 8.01. The molecule has 0 N–H and O–H groups in total. The average molecular weight is 441 g/mol. The fourth-order valence-corrected chi connectivity index (χ4v) is 4.60. The first-order valence-corrected chi connectivity index (χ1v) is 10.6. The highest BCUT2D eigenvalue weighted by Crippen LogP contribution is 2.64. The van der Waals surface area contributed by atoms with E-state index in [1.165, 1.54) is 11.3 Å². The smallest absolute Gasteiger partial charge is 0.358 e. The normalized spacial score (nSPS) is 19.9. The van der Waals surface area contributed by atoms with Gasteiger partial charge >= 0.3 is 5.97 Å². The van der Waals surface area contributed by atoms with Crippen LogP contribution in [0.15, 0.2) is 30.3 Å². The first-order valence-electron chi connectivity index (χ1n) is 9.08. The number of hydrogen-bond donors (Lipinski definition) is 0. The summed E-state index contributed by atoms with van der Waals surface area (Å²) in [4.78, 5) is 32.1. The molecule has 0 saturated heterocycles. The second-order valence-corrected chi connectivity index (χ2v) is 9.69. The van der Waals surface area contributed by atoms with Crippen LogP contribution < -0.4 is 4.90 Å². The standard InChI is InChI=1S/C20H22Cl2N2O3S/c1-4-27-16(25)15-13(2)28-18(23-15)24(11-10-14-8-6-5-7-9-14)17(26)19(3)12-20(19,21)22/h5-9H,4,10-12H2,1-3H3. The molecule has 1 aromatic carbocycles. The van der Waals surface area contributed by atoms with E-state index in [0.29, 0.717) is 29.4 Å². The van der Waals surface area contributed by atoms with E-state index < -0.39 is 15.7 Å². The van der Waals surface area contributed by atoms with E-state index in [-0.39, 0.29) is 18.2 Å². The Bertz CT molecular complexity index is 885. The van der Waals surface area contributed by atoms with Gasteiger partial charge in [0.15, 0.2) is 10.8 Å². The maximum absolute atomic E-state index is 13.3. The molecule has 0 bridgehead atoms. The van der Waals surface area contributed by atoms with E-state index in [2.05, 4.69) is 4.98 Å². The lowest BCUT2D eigenvalue weighted by Crippen LogP contribution is -2.39. The van der Waals surface area contributed by atoms with E-state index in [1.807, 2.05) is 30.3 Å².